The first-order valence-electron chi connectivity index (χ1n) is 44.0. The van der Waals surface area contributed by atoms with Gasteiger partial charge in [-0.2, -0.15) is 0 Å². The van der Waals surface area contributed by atoms with Crippen molar-refractivity contribution < 1.29 is 80.2 Å². The third kappa shape index (κ3) is 78.2. The van der Waals surface area contributed by atoms with Crippen LogP contribution in [0.4, 0.5) is 0 Å². The predicted molar refractivity (Wildman–Crippen MR) is 428 cm³/mol. The smallest absolute Gasteiger partial charge is 0.462 e. The minimum absolute atomic E-state index is 0.106. The number of phosphoric ester groups is 2. The molecule has 0 rings (SSSR count). The molecular formula is C85H166O17P2. The van der Waals surface area contributed by atoms with Crippen LogP contribution in [0.2, 0.25) is 0 Å². The molecule has 0 aromatic carbocycles. The van der Waals surface area contributed by atoms with Gasteiger partial charge in [-0.15, -0.1) is 0 Å². The van der Waals surface area contributed by atoms with E-state index in [9.17, 15) is 43.2 Å². The monoisotopic (exact) mass is 1520 g/mol. The van der Waals surface area contributed by atoms with Crippen LogP contribution in [0.3, 0.4) is 0 Å². The van der Waals surface area contributed by atoms with E-state index in [0.29, 0.717) is 25.7 Å². The summed E-state index contributed by atoms with van der Waals surface area (Å²) in [5.74, 6) is -0.555. The van der Waals surface area contributed by atoms with Crippen LogP contribution in [-0.2, 0) is 65.4 Å². The van der Waals surface area contributed by atoms with Crippen molar-refractivity contribution >= 4 is 39.5 Å². The van der Waals surface area contributed by atoms with Crippen molar-refractivity contribution in [3.63, 3.8) is 0 Å². The molecule has 3 N–H and O–H groups in total. The number of carbonyl (C=O) groups excluding carboxylic acids is 4. The van der Waals surface area contributed by atoms with E-state index in [1.807, 2.05) is 0 Å². The molecule has 0 aliphatic carbocycles. The van der Waals surface area contributed by atoms with Gasteiger partial charge in [0.25, 0.3) is 0 Å². The van der Waals surface area contributed by atoms with Gasteiger partial charge in [0.15, 0.2) is 12.2 Å². The number of ether oxygens (including phenoxy) is 4. The molecule has 0 aliphatic heterocycles. The summed E-state index contributed by atoms with van der Waals surface area (Å²) in [7, 11) is -9.92. The maximum Gasteiger partial charge on any atom is 0.472 e. The van der Waals surface area contributed by atoms with Crippen LogP contribution >= 0.6 is 15.6 Å². The number of phosphoric acid groups is 2. The molecule has 0 radical (unpaired) electrons. The maximum atomic E-state index is 13.1. The highest BCUT2D eigenvalue weighted by atomic mass is 31.2. The molecule has 5 atom stereocenters. The molecule has 618 valence electrons. The molecular weight excluding hydrogens is 1350 g/mol. The van der Waals surface area contributed by atoms with Crippen LogP contribution in [0.5, 0.6) is 0 Å². The second kappa shape index (κ2) is 76.4. The van der Waals surface area contributed by atoms with Crippen LogP contribution in [0.1, 0.15) is 452 Å². The number of aliphatic hydroxyl groups excluding tert-OH is 1. The van der Waals surface area contributed by atoms with E-state index >= 15 is 0 Å². The number of esters is 4. The van der Waals surface area contributed by atoms with Crippen molar-refractivity contribution in [1.29, 1.82) is 0 Å². The van der Waals surface area contributed by atoms with Crippen molar-refractivity contribution in [3.8, 4) is 0 Å². The Bertz CT molecular complexity index is 1990. The number of hydrogen-bond donors (Lipinski definition) is 3. The molecule has 0 heterocycles. The first-order chi connectivity index (χ1) is 50.4. The number of rotatable bonds is 84. The van der Waals surface area contributed by atoms with Gasteiger partial charge in [-0.3, -0.25) is 37.3 Å². The zero-order valence-corrected chi connectivity index (χ0v) is 70.1. The van der Waals surface area contributed by atoms with Crippen LogP contribution < -0.4 is 0 Å². The van der Waals surface area contributed by atoms with E-state index in [1.165, 1.54) is 270 Å². The van der Waals surface area contributed by atoms with Gasteiger partial charge in [-0.25, -0.2) is 9.13 Å². The van der Waals surface area contributed by atoms with Crippen molar-refractivity contribution in [3.05, 3.63) is 0 Å². The SMILES string of the molecule is CCCCCCCCCCCCCCCCCCCCCCCC(=O)O[C@H](COC(=O)CCCCCCCCCCCCCCCCCCC(C)C)COP(=O)(O)OC[C@@H](O)COP(=O)(O)OC[C@@H](COC(=O)CCCCCCCCCCCCCC)OC(=O)CCCCCCCCCCCC(C)C. The van der Waals surface area contributed by atoms with Gasteiger partial charge in [0.1, 0.15) is 19.3 Å². The Hall–Kier alpha value is -1.94. The predicted octanol–water partition coefficient (Wildman–Crippen LogP) is 25.8. The van der Waals surface area contributed by atoms with E-state index in [0.717, 1.165) is 102 Å². The molecule has 2 unspecified atom stereocenters. The summed E-state index contributed by atoms with van der Waals surface area (Å²) in [6.45, 7) is 9.67. The first-order valence-corrected chi connectivity index (χ1v) is 47.0. The summed E-state index contributed by atoms with van der Waals surface area (Å²) >= 11 is 0. The number of unbranched alkanes of at least 4 members (excludes halogenated alkanes) is 54. The Morgan fingerprint density at radius 1 is 0.260 bits per heavy atom. The lowest BCUT2D eigenvalue weighted by Crippen LogP contribution is -2.30. The molecule has 0 saturated heterocycles. The average molecular weight is 1520 g/mol. The largest absolute Gasteiger partial charge is 0.472 e. The first kappa shape index (κ1) is 102. The summed E-state index contributed by atoms with van der Waals surface area (Å²) in [4.78, 5) is 73.2. The van der Waals surface area contributed by atoms with E-state index in [2.05, 4.69) is 41.5 Å². The molecule has 19 heteroatoms. The van der Waals surface area contributed by atoms with Crippen LogP contribution in [-0.4, -0.2) is 96.7 Å². The summed E-state index contributed by atoms with van der Waals surface area (Å²) in [5.41, 5.74) is 0. The van der Waals surface area contributed by atoms with Gasteiger partial charge >= 0.3 is 39.5 Å². The van der Waals surface area contributed by atoms with Crippen LogP contribution in [0.25, 0.3) is 0 Å². The van der Waals surface area contributed by atoms with E-state index in [1.54, 1.807) is 0 Å². The van der Waals surface area contributed by atoms with Gasteiger partial charge in [0, 0.05) is 25.7 Å². The molecule has 0 aromatic heterocycles. The fourth-order valence-electron chi connectivity index (χ4n) is 13.2. The highest BCUT2D eigenvalue weighted by Gasteiger charge is 2.30. The zero-order valence-electron chi connectivity index (χ0n) is 68.3. The van der Waals surface area contributed by atoms with Crippen molar-refractivity contribution in [1.82, 2.24) is 0 Å². The van der Waals surface area contributed by atoms with Crippen LogP contribution in [0, 0.1) is 11.8 Å². The van der Waals surface area contributed by atoms with Gasteiger partial charge < -0.3 is 33.8 Å². The molecule has 104 heavy (non-hydrogen) atoms. The molecule has 0 spiro atoms. The van der Waals surface area contributed by atoms with Gasteiger partial charge in [0.05, 0.1) is 26.4 Å². The molecule has 0 fully saturated rings. The fraction of sp³-hybridized carbons (Fsp3) is 0.953. The Kier molecular flexibility index (Phi) is 75.0. The summed E-state index contributed by atoms with van der Waals surface area (Å²) in [6, 6.07) is 0. The topological polar surface area (TPSA) is 237 Å². The number of hydrogen-bond acceptors (Lipinski definition) is 15. The Morgan fingerprint density at radius 3 is 0.654 bits per heavy atom. The summed E-state index contributed by atoms with van der Waals surface area (Å²) in [6.07, 6.45) is 68.1. The van der Waals surface area contributed by atoms with E-state index in [4.69, 9.17) is 37.0 Å². The Balaban J connectivity index is 5.22. The minimum Gasteiger partial charge on any atom is -0.462 e. The highest BCUT2D eigenvalue weighted by Crippen LogP contribution is 2.45. The molecule has 0 amide bonds. The van der Waals surface area contributed by atoms with E-state index in [-0.39, 0.29) is 25.7 Å². The average Bonchev–Trinajstić information content (AvgIpc) is 0.910. The third-order valence-corrected chi connectivity index (χ3v) is 21.9. The lowest BCUT2D eigenvalue weighted by Gasteiger charge is -2.21. The second-order valence-corrected chi connectivity index (χ2v) is 34.4. The molecule has 0 bridgehead atoms. The number of carbonyl (C=O) groups is 4. The molecule has 0 aliphatic rings. The summed E-state index contributed by atoms with van der Waals surface area (Å²) in [5, 5.41) is 10.7. The van der Waals surface area contributed by atoms with E-state index < -0.39 is 97.5 Å². The molecule has 17 nitrogen and oxygen atoms in total. The van der Waals surface area contributed by atoms with Crippen molar-refractivity contribution in [2.24, 2.45) is 11.8 Å². The summed E-state index contributed by atoms with van der Waals surface area (Å²) < 4.78 is 68.8. The van der Waals surface area contributed by atoms with Gasteiger partial charge in [-0.05, 0) is 37.5 Å². The third-order valence-electron chi connectivity index (χ3n) is 20.0. The fourth-order valence-corrected chi connectivity index (χ4v) is 14.8. The Labute approximate surface area is 638 Å². The van der Waals surface area contributed by atoms with Crippen molar-refractivity contribution in [2.45, 2.75) is 471 Å². The quantitative estimate of drug-likeness (QED) is 0.0222. The highest BCUT2D eigenvalue weighted by molar-refractivity contribution is 7.47. The van der Waals surface area contributed by atoms with Gasteiger partial charge in [-0.1, -0.05) is 401 Å². The standard InChI is InChI=1S/C85H166O17P2/c1-7-9-11-13-15-17-19-21-22-23-24-25-26-27-32-35-39-45-51-57-63-69-84(89)101-80(73-96-83(88)68-62-56-50-44-38-34-31-29-28-30-33-36-41-47-53-59-65-77(3)4)75-99-103(91,92)97-71-79(86)72-98-104(93,94)100-76-81(102-85(90)70-64-58-52-46-40-42-48-54-60-66-78(5)6)74-95-82(87)67-61-55-49-43-37-20-18-16-14-12-10-8-2/h77-81,86H,7-76H2,1-6H3,(H,91,92)(H,93,94)/t79-,80-,81-/m1/s1. The van der Waals surface area contributed by atoms with Gasteiger partial charge in [0.2, 0.25) is 0 Å². The zero-order chi connectivity index (χ0) is 76.4. The lowest BCUT2D eigenvalue weighted by molar-refractivity contribution is -0.161. The molecule has 0 aromatic rings. The molecule has 0 saturated carbocycles. The normalized spacial score (nSPS) is 13.8. The van der Waals surface area contributed by atoms with Crippen LogP contribution in [0.15, 0.2) is 0 Å². The Morgan fingerprint density at radius 2 is 0.442 bits per heavy atom. The maximum absolute atomic E-state index is 13.1. The minimum atomic E-state index is -4.97. The number of aliphatic hydroxyl groups is 1. The van der Waals surface area contributed by atoms with Crippen molar-refractivity contribution in [2.75, 3.05) is 39.6 Å². The lowest BCUT2D eigenvalue weighted by atomic mass is 10.0. The second-order valence-electron chi connectivity index (χ2n) is 31.5.